The average molecular weight is 442 g/mol. The Hall–Kier alpha value is -1.50. The topological polar surface area (TPSA) is 77.8 Å². The minimum atomic E-state index is -1.17. The van der Waals surface area contributed by atoms with Crippen LogP contribution in [0.3, 0.4) is 0 Å². The second kappa shape index (κ2) is 7.59. The van der Waals surface area contributed by atoms with Crippen molar-refractivity contribution >= 4 is 28.6 Å². The van der Waals surface area contributed by atoms with E-state index in [1.54, 1.807) is 0 Å². The number of phenolic OH excluding ortho intramolecular Hbond substituents is 1. The summed E-state index contributed by atoms with van der Waals surface area (Å²) in [6, 6.07) is 1.49. The number of rotatable bonds is 5. The van der Waals surface area contributed by atoms with Gasteiger partial charge in [0.2, 0.25) is 0 Å². The van der Waals surface area contributed by atoms with Crippen LogP contribution in [0.15, 0.2) is 29.9 Å². The van der Waals surface area contributed by atoms with Gasteiger partial charge in [-0.25, -0.2) is 4.79 Å². The van der Waals surface area contributed by atoms with Crippen molar-refractivity contribution in [3.63, 3.8) is 0 Å². The summed E-state index contributed by atoms with van der Waals surface area (Å²) in [4.78, 5) is 11.7. The third-order valence-electron chi connectivity index (χ3n) is 4.69. The maximum atomic E-state index is 11.7. The van der Waals surface area contributed by atoms with Gasteiger partial charge in [0.05, 0.1) is 0 Å². The zero-order chi connectivity index (χ0) is 18.0. The van der Waals surface area contributed by atoms with Crippen LogP contribution in [0.4, 0.5) is 0 Å². The largest absolute Gasteiger partial charge is 0.507 e. The second-order valence-corrected chi connectivity index (χ2v) is 7.55. The summed E-state index contributed by atoms with van der Waals surface area (Å²) in [5, 5.41) is 30.7. The molecule has 2 atom stereocenters. The van der Waals surface area contributed by atoms with Crippen LogP contribution >= 0.6 is 22.6 Å². The van der Waals surface area contributed by atoms with E-state index in [1.807, 2.05) is 19.9 Å². The molecule has 4 nitrogen and oxygen atoms in total. The van der Waals surface area contributed by atoms with Gasteiger partial charge in [-0.2, -0.15) is 0 Å². The summed E-state index contributed by atoms with van der Waals surface area (Å²) >= 11 is 2.14. The molecule has 2 rings (SSSR count). The van der Waals surface area contributed by atoms with Crippen molar-refractivity contribution < 1.29 is 20.1 Å². The molecule has 3 N–H and O–H groups in total. The fourth-order valence-corrected chi connectivity index (χ4v) is 4.08. The summed E-state index contributed by atoms with van der Waals surface area (Å²) in [5.41, 5.74) is 2.80. The fourth-order valence-electron chi connectivity index (χ4n) is 3.50. The van der Waals surface area contributed by atoms with Crippen LogP contribution in [-0.2, 0) is 6.42 Å². The lowest BCUT2D eigenvalue weighted by molar-refractivity contribution is 0.0692. The van der Waals surface area contributed by atoms with Crippen LogP contribution in [0.2, 0.25) is 0 Å². The lowest BCUT2D eigenvalue weighted by atomic mass is 9.73. The Bertz CT molecular complexity index is 706. The van der Waals surface area contributed by atoms with E-state index in [9.17, 15) is 20.1 Å². The Kier molecular flexibility index (Phi) is 5.96. The maximum absolute atomic E-state index is 11.7. The first-order valence-corrected chi connectivity index (χ1v) is 9.50. The van der Waals surface area contributed by atoms with Gasteiger partial charge < -0.3 is 15.3 Å². The summed E-state index contributed by atoms with van der Waals surface area (Å²) < 4.78 is 0.701. The number of hydrogen-bond acceptors (Lipinski definition) is 3. The number of allylic oxidation sites excluding steroid dienone is 3. The van der Waals surface area contributed by atoms with Crippen LogP contribution in [-0.4, -0.2) is 25.7 Å². The number of carboxylic acid groups (broad SMARTS) is 1. The third-order valence-corrected chi connectivity index (χ3v) is 5.23. The average Bonchev–Trinajstić information content (AvgIpc) is 2.46. The second-order valence-electron chi connectivity index (χ2n) is 6.47. The number of carbonyl (C=O) groups is 1. The van der Waals surface area contributed by atoms with Crippen molar-refractivity contribution in [2.45, 2.75) is 39.0 Å². The zero-order valence-corrected chi connectivity index (χ0v) is 16.1. The van der Waals surface area contributed by atoms with Gasteiger partial charge in [-0.05, 0) is 50.7 Å². The molecule has 0 saturated heterocycles. The Morgan fingerprint density at radius 1 is 1.42 bits per heavy atom. The molecule has 1 aliphatic rings. The molecule has 5 heteroatoms. The van der Waals surface area contributed by atoms with Gasteiger partial charge >= 0.3 is 5.97 Å². The van der Waals surface area contributed by atoms with E-state index in [2.05, 4.69) is 29.2 Å². The number of aromatic hydroxyl groups is 2. The van der Waals surface area contributed by atoms with Crippen molar-refractivity contribution in [2.24, 2.45) is 5.92 Å². The molecule has 0 saturated carbocycles. The summed E-state index contributed by atoms with van der Waals surface area (Å²) in [5.74, 6) is -1.72. The number of halogens is 1. The highest BCUT2D eigenvalue weighted by molar-refractivity contribution is 14.1. The molecule has 0 aliphatic heterocycles. The fraction of sp³-hybridized carbons (Fsp3) is 0.421. The van der Waals surface area contributed by atoms with Crippen LogP contribution in [0.25, 0.3) is 0 Å². The molecule has 0 spiro atoms. The van der Waals surface area contributed by atoms with Gasteiger partial charge in [0.25, 0.3) is 0 Å². The quantitative estimate of drug-likeness (QED) is 0.348. The lowest BCUT2D eigenvalue weighted by Gasteiger charge is -2.32. The van der Waals surface area contributed by atoms with Gasteiger partial charge in [-0.3, -0.25) is 0 Å². The Morgan fingerprint density at radius 3 is 2.62 bits per heavy atom. The molecule has 1 aromatic rings. The maximum Gasteiger partial charge on any atom is 0.339 e. The van der Waals surface area contributed by atoms with E-state index < -0.39 is 5.97 Å². The molecule has 0 fully saturated rings. The van der Waals surface area contributed by atoms with Crippen LogP contribution in [0, 0.1) is 5.92 Å². The van der Waals surface area contributed by atoms with E-state index in [-0.39, 0.29) is 28.9 Å². The number of hydrogen-bond donors (Lipinski definition) is 3. The highest BCUT2D eigenvalue weighted by Crippen LogP contribution is 2.47. The van der Waals surface area contributed by atoms with Crippen LogP contribution < -0.4 is 0 Å². The molecule has 2 unspecified atom stereocenters. The molecule has 24 heavy (non-hydrogen) atoms. The van der Waals surface area contributed by atoms with E-state index in [1.165, 1.54) is 11.6 Å². The molecule has 0 radical (unpaired) electrons. The van der Waals surface area contributed by atoms with Crippen molar-refractivity contribution in [3.8, 4) is 11.5 Å². The minimum absolute atomic E-state index is 0.0421. The van der Waals surface area contributed by atoms with Crippen molar-refractivity contribution in [3.05, 3.63) is 46.6 Å². The highest BCUT2D eigenvalue weighted by atomic mass is 127. The number of phenols is 2. The lowest BCUT2D eigenvalue weighted by Crippen LogP contribution is -2.18. The molecule has 1 aromatic carbocycles. The SMILES string of the molecule is C=C(C)C1CCC(C)=CC1c1c(O)cc(CCI)c(C(=O)O)c1O. The van der Waals surface area contributed by atoms with Crippen molar-refractivity contribution in [1.29, 1.82) is 0 Å². The van der Waals surface area contributed by atoms with Gasteiger partial charge in [0.15, 0.2) is 0 Å². The number of benzene rings is 1. The molecular formula is C19H23IO4. The van der Waals surface area contributed by atoms with Crippen LogP contribution in [0.5, 0.6) is 11.5 Å². The first-order chi connectivity index (χ1) is 11.3. The molecule has 0 amide bonds. The highest BCUT2D eigenvalue weighted by Gasteiger charge is 2.32. The standard InChI is InChI=1S/C19H23IO4/c1-10(2)13-5-4-11(3)8-14(13)17-15(21)9-12(6-7-20)16(18(17)22)19(23)24/h8-9,13-14,21-22H,1,4-7H2,2-3H3,(H,23,24). The predicted octanol–water partition coefficient (Wildman–Crippen LogP) is 4.79. The van der Waals surface area contributed by atoms with Gasteiger partial charge in [-0.1, -0.05) is 46.4 Å². The van der Waals surface area contributed by atoms with Crippen molar-refractivity contribution in [2.75, 3.05) is 4.43 Å². The van der Waals surface area contributed by atoms with Crippen LogP contribution in [0.1, 0.15) is 54.1 Å². The third kappa shape index (κ3) is 3.61. The first-order valence-electron chi connectivity index (χ1n) is 7.97. The number of aryl methyl sites for hydroxylation is 1. The number of alkyl halides is 1. The zero-order valence-electron chi connectivity index (χ0n) is 14.0. The number of aromatic carboxylic acids is 1. The Morgan fingerprint density at radius 2 is 2.08 bits per heavy atom. The van der Waals surface area contributed by atoms with E-state index in [0.29, 0.717) is 22.0 Å². The molecule has 1 aliphatic carbocycles. The monoisotopic (exact) mass is 442 g/mol. The van der Waals surface area contributed by atoms with Gasteiger partial charge in [0.1, 0.15) is 17.1 Å². The first kappa shape index (κ1) is 18.8. The molecular weight excluding hydrogens is 419 g/mol. The molecule has 0 heterocycles. The Labute approximate surface area is 156 Å². The predicted molar refractivity (Wildman–Crippen MR) is 103 cm³/mol. The van der Waals surface area contributed by atoms with Gasteiger partial charge in [-0.15, -0.1) is 0 Å². The normalized spacial score (nSPS) is 20.5. The van der Waals surface area contributed by atoms with Crippen molar-refractivity contribution in [1.82, 2.24) is 0 Å². The van der Waals surface area contributed by atoms with E-state index in [4.69, 9.17) is 0 Å². The van der Waals surface area contributed by atoms with E-state index >= 15 is 0 Å². The smallest absolute Gasteiger partial charge is 0.339 e. The summed E-state index contributed by atoms with van der Waals surface area (Å²) in [7, 11) is 0. The number of carboxylic acids is 1. The van der Waals surface area contributed by atoms with E-state index in [0.717, 1.165) is 18.4 Å². The minimum Gasteiger partial charge on any atom is -0.507 e. The van der Waals surface area contributed by atoms with Gasteiger partial charge in [0, 0.05) is 15.9 Å². The Balaban J connectivity index is 2.68. The summed E-state index contributed by atoms with van der Waals surface area (Å²) in [6.45, 7) is 7.98. The molecule has 130 valence electrons. The molecule has 0 bridgehead atoms. The summed E-state index contributed by atoms with van der Waals surface area (Å²) in [6.07, 6.45) is 4.31. The molecule has 0 aromatic heterocycles.